The van der Waals surface area contributed by atoms with Gasteiger partial charge in [-0.3, -0.25) is 4.79 Å². The van der Waals surface area contributed by atoms with Gasteiger partial charge in [-0.2, -0.15) is 0 Å². The van der Waals surface area contributed by atoms with E-state index in [9.17, 15) is 14.4 Å². The van der Waals surface area contributed by atoms with Gasteiger partial charge in [-0.05, 0) is 25.5 Å². The number of aliphatic carboxylic acids is 1. The summed E-state index contributed by atoms with van der Waals surface area (Å²) < 4.78 is 0. The lowest BCUT2D eigenvalue weighted by Crippen LogP contribution is -2.41. The van der Waals surface area contributed by atoms with Crippen LogP contribution in [-0.4, -0.2) is 28.8 Å². The molecule has 0 spiro atoms. The van der Waals surface area contributed by atoms with Gasteiger partial charge in [0, 0.05) is 12.0 Å². The molecule has 1 unspecified atom stereocenters. The number of hydrogen-bond acceptors (Lipinski definition) is 3. The molecule has 0 aliphatic carbocycles. The predicted octanol–water partition coefficient (Wildman–Crippen LogP) is 1.24. The van der Waals surface area contributed by atoms with Crippen molar-refractivity contribution in [2.24, 2.45) is 0 Å². The first-order chi connectivity index (χ1) is 8.50. The second kappa shape index (κ2) is 6.54. The summed E-state index contributed by atoms with van der Waals surface area (Å²) in [6, 6.07) is 7.31. The molecule has 1 atom stereocenters. The van der Waals surface area contributed by atoms with E-state index < -0.39 is 17.9 Å². The van der Waals surface area contributed by atoms with Crippen LogP contribution >= 0.6 is 0 Å². The third kappa shape index (κ3) is 4.37. The summed E-state index contributed by atoms with van der Waals surface area (Å²) >= 11 is 0. The van der Waals surface area contributed by atoms with Gasteiger partial charge in [-0.25, -0.2) is 4.79 Å². The maximum Gasteiger partial charge on any atom is 0.326 e. The summed E-state index contributed by atoms with van der Waals surface area (Å²) in [4.78, 5) is 33.5. The van der Waals surface area contributed by atoms with Crippen LogP contribution in [0.25, 0.3) is 0 Å². The zero-order valence-corrected chi connectivity index (χ0v) is 10.1. The molecule has 0 heterocycles. The highest BCUT2D eigenvalue weighted by Crippen LogP contribution is 2.03. The van der Waals surface area contributed by atoms with Crippen LogP contribution in [-0.2, 0) is 9.59 Å². The first kappa shape index (κ1) is 13.9. The van der Waals surface area contributed by atoms with Crippen LogP contribution in [0.1, 0.15) is 30.1 Å². The fraction of sp³-hybridized carbons (Fsp3) is 0.308. The third-order valence-corrected chi connectivity index (χ3v) is 2.42. The molecule has 96 valence electrons. The SMILES string of the molecule is CC(=O)CCC(NC(=O)c1ccccc1)C(=O)O. The Labute approximate surface area is 105 Å². The number of carbonyl (C=O) groups is 3. The zero-order chi connectivity index (χ0) is 13.5. The third-order valence-electron chi connectivity index (χ3n) is 2.42. The van der Waals surface area contributed by atoms with E-state index >= 15 is 0 Å². The van der Waals surface area contributed by atoms with Gasteiger partial charge in [0.1, 0.15) is 11.8 Å². The number of benzene rings is 1. The van der Waals surface area contributed by atoms with Gasteiger partial charge in [0.15, 0.2) is 0 Å². The molecule has 1 amide bonds. The molecule has 0 saturated heterocycles. The van der Waals surface area contributed by atoms with Crippen LogP contribution in [0.5, 0.6) is 0 Å². The average molecular weight is 249 g/mol. The molecule has 5 nitrogen and oxygen atoms in total. The molecule has 18 heavy (non-hydrogen) atoms. The molecule has 1 rings (SSSR count). The molecule has 0 bridgehead atoms. The van der Waals surface area contributed by atoms with Crippen molar-refractivity contribution in [1.82, 2.24) is 5.32 Å². The maximum absolute atomic E-state index is 11.7. The normalized spacial score (nSPS) is 11.6. The first-order valence-electron chi connectivity index (χ1n) is 5.59. The van der Waals surface area contributed by atoms with Crippen LogP contribution in [0.2, 0.25) is 0 Å². The van der Waals surface area contributed by atoms with Gasteiger partial charge in [0.25, 0.3) is 5.91 Å². The summed E-state index contributed by atoms with van der Waals surface area (Å²) in [5, 5.41) is 11.4. The Balaban J connectivity index is 2.64. The minimum Gasteiger partial charge on any atom is -0.480 e. The molecule has 0 saturated carbocycles. The van der Waals surface area contributed by atoms with E-state index in [1.54, 1.807) is 30.3 Å². The molecule has 0 aliphatic rings. The van der Waals surface area contributed by atoms with Gasteiger partial charge in [-0.15, -0.1) is 0 Å². The van der Waals surface area contributed by atoms with E-state index in [0.29, 0.717) is 5.56 Å². The molecule has 0 fully saturated rings. The molecule has 0 aromatic heterocycles. The Morgan fingerprint density at radius 3 is 2.33 bits per heavy atom. The minimum absolute atomic E-state index is 0.100. The largest absolute Gasteiger partial charge is 0.480 e. The van der Waals surface area contributed by atoms with Crippen molar-refractivity contribution in [2.45, 2.75) is 25.8 Å². The van der Waals surface area contributed by atoms with Gasteiger partial charge < -0.3 is 15.2 Å². The van der Waals surface area contributed by atoms with E-state index in [2.05, 4.69) is 5.32 Å². The molecule has 0 aliphatic heterocycles. The fourth-order valence-electron chi connectivity index (χ4n) is 1.44. The first-order valence-corrected chi connectivity index (χ1v) is 5.59. The molecule has 1 aromatic rings. The van der Waals surface area contributed by atoms with Crippen LogP contribution in [0.3, 0.4) is 0 Å². The standard InChI is InChI=1S/C13H15NO4/c1-9(15)7-8-11(13(17)18)14-12(16)10-5-3-2-4-6-10/h2-6,11H,7-8H2,1H3,(H,14,16)(H,17,18). The quantitative estimate of drug-likeness (QED) is 0.794. The highest BCUT2D eigenvalue weighted by atomic mass is 16.4. The maximum atomic E-state index is 11.7. The van der Waals surface area contributed by atoms with Crippen LogP contribution in [0.4, 0.5) is 0 Å². The zero-order valence-electron chi connectivity index (χ0n) is 10.1. The van der Waals surface area contributed by atoms with Crippen molar-refractivity contribution in [3.8, 4) is 0 Å². The van der Waals surface area contributed by atoms with Gasteiger partial charge >= 0.3 is 5.97 Å². The van der Waals surface area contributed by atoms with Crippen molar-refractivity contribution in [3.63, 3.8) is 0 Å². The van der Waals surface area contributed by atoms with E-state index in [0.717, 1.165) is 0 Å². The highest BCUT2D eigenvalue weighted by Gasteiger charge is 2.20. The number of carboxylic acids is 1. The van der Waals surface area contributed by atoms with E-state index in [1.807, 2.05) is 0 Å². The molecular formula is C13H15NO4. The summed E-state index contributed by atoms with van der Waals surface area (Å²) in [6.07, 6.45) is 0.231. The predicted molar refractivity (Wildman–Crippen MR) is 65.2 cm³/mol. The molecule has 0 radical (unpaired) electrons. The van der Waals surface area contributed by atoms with Crippen LogP contribution < -0.4 is 5.32 Å². The van der Waals surface area contributed by atoms with Crippen molar-refractivity contribution >= 4 is 17.7 Å². The van der Waals surface area contributed by atoms with E-state index in [4.69, 9.17) is 5.11 Å². The molecular weight excluding hydrogens is 234 g/mol. The summed E-state index contributed by atoms with van der Waals surface area (Å²) in [5.74, 6) is -1.69. The van der Waals surface area contributed by atoms with Gasteiger partial charge in [-0.1, -0.05) is 18.2 Å². The summed E-state index contributed by atoms with van der Waals surface area (Å²) in [5.41, 5.74) is 0.395. The monoisotopic (exact) mass is 249 g/mol. The van der Waals surface area contributed by atoms with Crippen molar-refractivity contribution < 1.29 is 19.5 Å². The fourth-order valence-corrected chi connectivity index (χ4v) is 1.44. The van der Waals surface area contributed by atoms with Crippen LogP contribution in [0, 0.1) is 0 Å². The number of amides is 1. The number of rotatable bonds is 6. The topological polar surface area (TPSA) is 83.5 Å². The number of hydrogen-bond donors (Lipinski definition) is 2. The Hall–Kier alpha value is -2.17. The second-order valence-electron chi connectivity index (χ2n) is 3.97. The Morgan fingerprint density at radius 2 is 1.83 bits per heavy atom. The number of Topliss-reactive ketones (excluding diaryl/α,β-unsaturated/α-hetero) is 1. The Bertz CT molecular complexity index is 442. The average Bonchev–Trinajstić information content (AvgIpc) is 2.34. The summed E-state index contributed by atoms with van der Waals surface area (Å²) in [7, 11) is 0. The second-order valence-corrected chi connectivity index (χ2v) is 3.97. The van der Waals surface area contributed by atoms with E-state index in [1.165, 1.54) is 6.92 Å². The van der Waals surface area contributed by atoms with Crippen molar-refractivity contribution in [1.29, 1.82) is 0 Å². The Kier molecular flexibility index (Phi) is 5.05. The summed E-state index contributed by atoms with van der Waals surface area (Å²) in [6.45, 7) is 1.39. The van der Waals surface area contributed by atoms with Gasteiger partial charge in [0.2, 0.25) is 0 Å². The van der Waals surface area contributed by atoms with Crippen LogP contribution in [0.15, 0.2) is 30.3 Å². The number of ketones is 1. The lowest BCUT2D eigenvalue weighted by molar-refractivity contribution is -0.139. The smallest absolute Gasteiger partial charge is 0.326 e. The minimum atomic E-state index is -1.14. The molecule has 5 heteroatoms. The number of carbonyl (C=O) groups excluding carboxylic acids is 2. The highest BCUT2D eigenvalue weighted by molar-refractivity contribution is 5.96. The molecule has 2 N–H and O–H groups in total. The lowest BCUT2D eigenvalue weighted by Gasteiger charge is -2.13. The van der Waals surface area contributed by atoms with Gasteiger partial charge in [0.05, 0.1) is 0 Å². The van der Waals surface area contributed by atoms with Crippen molar-refractivity contribution in [3.05, 3.63) is 35.9 Å². The Morgan fingerprint density at radius 1 is 1.22 bits per heavy atom. The molecule has 1 aromatic carbocycles. The number of carboxylic acid groups (broad SMARTS) is 1. The van der Waals surface area contributed by atoms with E-state index in [-0.39, 0.29) is 18.6 Å². The number of nitrogens with one attached hydrogen (secondary N) is 1. The van der Waals surface area contributed by atoms with Crippen molar-refractivity contribution in [2.75, 3.05) is 0 Å². The lowest BCUT2D eigenvalue weighted by atomic mass is 10.1.